The number of halogens is 2. The molecule has 0 amide bonds. The third kappa shape index (κ3) is 2.05. The minimum atomic E-state index is -1.03. The van der Waals surface area contributed by atoms with Crippen LogP contribution in [0.2, 0.25) is 0 Å². The summed E-state index contributed by atoms with van der Waals surface area (Å²) in [6.07, 6.45) is 1.52. The fraction of sp³-hybridized carbons (Fsp3) is 0. The molecule has 3 rings (SSSR count). The first-order valence-corrected chi connectivity index (χ1v) is 6.00. The van der Waals surface area contributed by atoms with E-state index in [2.05, 4.69) is 4.98 Å². The van der Waals surface area contributed by atoms with Crippen LogP contribution in [0.3, 0.4) is 0 Å². The van der Waals surface area contributed by atoms with Gasteiger partial charge in [-0.15, -0.1) is 0 Å². The van der Waals surface area contributed by atoms with E-state index in [1.165, 1.54) is 12.3 Å². The Morgan fingerprint density at radius 2 is 1.75 bits per heavy atom. The molecule has 0 bridgehead atoms. The van der Waals surface area contributed by atoms with Crippen molar-refractivity contribution in [1.82, 2.24) is 4.98 Å². The van der Waals surface area contributed by atoms with Gasteiger partial charge in [0.1, 0.15) is 0 Å². The lowest BCUT2D eigenvalue weighted by Crippen LogP contribution is -2.04. The summed E-state index contributed by atoms with van der Waals surface area (Å²) >= 11 is 0. The van der Waals surface area contributed by atoms with Crippen LogP contribution in [0, 0.1) is 11.6 Å². The minimum Gasteiger partial charge on any atom is -0.289 e. The number of benzene rings is 2. The van der Waals surface area contributed by atoms with E-state index in [0.29, 0.717) is 16.5 Å². The van der Waals surface area contributed by atoms with Crippen molar-refractivity contribution in [3.63, 3.8) is 0 Å². The first-order valence-electron chi connectivity index (χ1n) is 6.00. The molecule has 98 valence electrons. The van der Waals surface area contributed by atoms with Gasteiger partial charge in [-0.1, -0.05) is 18.2 Å². The van der Waals surface area contributed by atoms with Crippen LogP contribution in [0.15, 0.2) is 54.7 Å². The molecule has 0 aliphatic carbocycles. The van der Waals surface area contributed by atoms with Crippen LogP contribution in [0.4, 0.5) is 8.78 Å². The zero-order chi connectivity index (χ0) is 14.1. The monoisotopic (exact) mass is 269 g/mol. The maximum Gasteiger partial charge on any atom is 0.193 e. The van der Waals surface area contributed by atoms with Crippen molar-refractivity contribution in [3.8, 4) is 0 Å². The number of hydrogen-bond donors (Lipinski definition) is 0. The Hall–Kier alpha value is -2.62. The minimum absolute atomic E-state index is 0.111. The van der Waals surface area contributed by atoms with E-state index >= 15 is 0 Å². The number of ketones is 1. The molecule has 0 fully saturated rings. The quantitative estimate of drug-likeness (QED) is 0.663. The van der Waals surface area contributed by atoms with Gasteiger partial charge in [0.15, 0.2) is 17.4 Å². The summed E-state index contributed by atoms with van der Waals surface area (Å²) < 4.78 is 26.2. The molecule has 0 atom stereocenters. The van der Waals surface area contributed by atoms with Gasteiger partial charge in [0, 0.05) is 22.7 Å². The molecule has 4 heteroatoms. The van der Waals surface area contributed by atoms with Crippen LogP contribution in [0.1, 0.15) is 15.9 Å². The third-order valence-electron chi connectivity index (χ3n) is 3.08. The van der Waals surface area contributed by atoms with E-state index in [4.69, 9.17) is 0 Å². The van der Waals surface area contributed by atoms with Crippen LogP contribution < -0.4 is 0 Å². The number of para-hydroxylation sites is 1. The van der Waals surface area contributed by atoms with Crippen LogP contribution in [0.25, 0.3) is 10.9 Å². The summed E-state index contributed by atoms with van der Waals surface area (Å²) in [5.74, 6) is -2.36. The highest BCUT2D eigenvalue weighted by atomic mass is 19.2. The smallest absolute Gasteiger partial charge is 0.193 e. The summed E-state index contributed by atoms with van der Waals surface area (Å²) in [6.45, 7) is 0. The third-order valence-corrected chi connectivity index (χ3v) is 3.08. The molecule has 20 heavy (non-hydrogen) atoms. The number of hydrogen-bond acceptors (Lipinski definition) is 2. The molecule has 2 aromatic carbocycles. The molecule has 0 aliphatic heterocycles. The average molecular weight is 269 g/mol. The first-order chi connectivity index (χ1) is 9.66. The molecule has 0 unspecified atom stereocenters. The number of aromatic nitrogens is 1. The fourth-order valence-corrected chi connectivity index (χ4v) is 2.09. The van der Waals surface area contributed by atoms with E-state index in [0.717, 1.165) is 12.1 Å². The number of nitrogens with zero attached hydrogens (tertiary/aromatic N) is 1. The van der Waals surface area contributed by atoms with Crippen LogP contribution in [-0.4, -0.2) is 10.8 Å². The second-order valence-electron chi connectivity index (χ2n) is 4.33. The van der Waals surface area contributed by atoms with E-state index in [1.807, 2.05) is 6.07 Å². The lowest BCUT2D eigenvalue weighted by atomic mass is 10.00. The van der Waals surface area contributed by atoms with Gasteiger partial charge in [0.25, 0.3) is 0 Å². The molecule has 3 aromatic rings. The van der Waals surface area contributed by atoms with Gasteiger partial charge in [0.05, 0.1) is 5.52 Å². The molecule has 0 saturated heterocycles. The van der Waals surface area contributed by atoms with Gasteiger partial charge in [-0.2, -0.15) is 0 Å². The van der Waals surface area contributed by atoms with Crippen LogP contribution in [0.5, 0.6) is 0 Å². The molecule has 1 aromatic heterocycles. The SMILES string of the molecule is O=C(c1ccc(F)c(F)c1)c1ccnc2ccccc12. The molecule has 0 aliphatic rings. The predicted octanol–water partition coefficient (Wildman–Crippen LogP) is 3.74. The summed E-state index contributed by atoms with van der Waals surface area (Å²) in [5.41, 5.74) is 1.21. The molecular weight excluding hydrogens is 260 g/mol. The van der Waals surface area contributed by atoms with Crippen molar-refractivity contribution in [2.45, 2.75) is 0 Å². The highest BCUT2D eigenvalue weighted by Gasteiger charge is 2.14. The van der Waals surface area contributed by atoms with E-state index in [-0.39, 0.29) is 11.3 Å². The Bertz CT molecular complexity index is 809. The number of pyridine rings is 1. The maximum atomic E-state index is 13.2. The highest BCUT2D eigenvalue weighted by molar-refractivity contribution is 6.15. The maximum absolute atomic E-state index is 13.2. The van der Waals surface area contributed by atoms with Crippen molar-refractivity contribution in [2.24, 2.45) is 0 Å². The van der Waals surface area contributed by atoms with Crippen molar-refractivity contribution >= 4 is 16.7 Å². The molecule has 2 nitrogen and oxygen atoms in total. The van der Waals surface area contributed by atoms with Gasteiger partial charge >= 0.3 is 0 Å². The fourth-order valence-electron chi connectivity index (χ4n) is 2.09. The summed E-state index contributed by atoms with van der Waals surface area (Å²) in [6, 6.07) is 11.9. The molecular formula is C16H9F2NO. The van der Waals surface area contributed by atoms with Gasteiger partial charge in [-0.05, 0) is 30.3 Å². The summed E-state index contributed by atoms with van der Waals surface area (Å²) in [7, 11) is 0. The zero-order valence-electron chi connectivity index (χ0n) is 10.3. The number of rotatable bonds is 2. The van der Waals surface area contributed by atoms with E-state index in [1.54, 1.807) is 24.3 Å². The second-order valence-corrected chi connectivity index (χ2v) is 4.33. The molecule has 0 N–H and O–H groups in total. The number of fused-ring (bicyclic) bond motifs is 1. The predicted molar refractivity (Wildman–Crippen MR) is 71.5 cm³/mol. The lowest BCUT2D eigenvalue weighted by Gasteiger charge is -2.05. The topological polar surface area (TPSA) is 30.0 Å². The number of carbonyl (C=O) groups excluding carboxylic acids is 1. The van der Waals surface area contributed by atoms with Gasteiger partial charge in [-0.25, -0.2) is 8.78 Å². The molecule has 0 spiro atoms. The lowest BCUT2D eigenvalue weighted by molar-refractivity contribution is 0.103. The largest absolute Gasteiger partial charge is 0.289 e. The Morgan fingerprint density at radius 3 is 2.55 bits per heavy atom. The average Bonchev–Trinajstić information content (AvgIpc) is 2.49. The van der Waals surface area contributed by atoms with Gasteiger partial charge < -0.3 is 0 Å². The van der Waals surface area contributed by atoms with E-state index in [9.17, 15) is 13.6 Å². The van der Waals surface area contributed by atoms with Crippen molar-refractivity contribution < 1.29 is 13.6 Å². The van der Waals surface area contributed by atoms with Crippen LogP contribution >= 0.6 is 0 Å². The highest BCUT2D eigenvalue weighted by Crippen LogP contribution is 2.20. The van der Waals surface area contributed by atoms with Gasteiger partial charge in [0.2, 0.25) is 0 Å². The normalized spacial score (nSPS) is 10.7. The molecule has 0 saturated carbocycles. The first kappa shape index (κ1) is 12.4. The van der Waals surface area contributed by atoms with Crippen molar-refractivity contribution in [1.29, 1.82) is 0 Å². The van der Waals surface area contributed by atoms with Gasteiger partial charge in [-0.3, -0.25) is 9.78 Å². The summed E-state index contributed by atoms with van der Waals surface area (Å²) in [4.78, 5) is 16.6. The Balaban J connectivity index is 2.15. The molecule has 1 heterocycles. The molecule has 0 radical (unpaired) electrons. The Morgan fingerprint density at radius 1 is 0.950 bits per heavy atom. The van der Waals surface area contributed by atoms with Crippen molar-refractivity contribution in [3.05, 3.63) is 77.5 Å². The van der Waals surface area contributed by atoms with Crippen molar-refractivity contribution in [2.75, 3.05) is 0 Å². The van der Waals surface area contributed by atoms with Crippen LogP contribution in [-0.2, 0) is 0 Å². The zero-order valence-corrected chi connectivity index (χ0v) is 10.3. The summed E-state index contributed by atoms with van der Waals surface area (Å²) in [5, 5.41) is 0.685. The van der Waals surface area contributed by atoms with E-state index < -0.39 is 11.6 Å². The second kappa shape index (κ2) is 4.81. The number of carbonyl (C=O) groups is 1. The standard InChI is InChI=1S/C16H9F2NO/c17-13-6-5-10(9-14(13)18)16(20)12-7-8-19-15-4-2-1-3-11(12)15/h1-9H. The Labute approximate surface area is 113 Å². The Kier molecular flexibility index (Phi) is 2.99.